The summed E-state index contributed by atoms with van der Waals surface area (Å²) in [6.07, 6.45) is 2.07. The predicted octanol–water partition coefficient (Wildman–Crippen LogP) is 6.71. The van der Waals surface area contributed by atoms with Crippen LogP contribution in [0.3, 0.4) is 0 Å². The molecule has 0 spiro atoms. The summed E-state index contributed by atoms with van der Waals surface area (Å²) in [5, 5.41) is 0. The van der Waals surface area contributed by atoms with Crippen LogP contribution in [0.5, 0.6) is 0 Å². The van der Waals surface area contributed by atoms with Gasteiger partial charge in [0.2, 0.25) is 0 Å². The van der Waals surface area contributed by atoms with Crippen LogP contribution in [0.15, 0.2) is 63.3 Å². The third kappa shape index (κ3) is 3.23. The van der Waals surface area contributed by atoms with Crippen LogP contribution >= 0.6 is 39.0 Å². The van der Waals surface area contributed by atoms with E-state index in [2.05, 4.69) is 52.5 Å². The Labute approximate surface area is 140 Å². The second kappa shape index (κ2) is 6.34. The largest absolute Gasteiger partial charge is 0.207 e. The Morgan fingerprint density at radius 2 is 1.57 bits per heavy atom. The average molecular weight is 379 g/mol. The molecule has 1 aromatic heterocycles. The molecule has 2 aromatic carbocycles. The van der Waals surface area contributed by atoms with Gasteiger partial charge >= 0.3 is 0 Å². The van der Waals surface area contributed by atoms with E-state index in [1.54, 1.807) is 23.1 Å². The Morgan fingerprint density at radius 3 is 2.19 bits per heavy atom. The molecule has 0 aliphatic rings. The third-order valence-corrected chi connectivity index (χ3v) is 5.64. The van der Waals surface area contributed by atoms with Gasteiger partial charge in [0.1, 0.15) is 5.82 Å². The molecule has 0 radical (unpaired) electrons. The minimum atomic E-state index is -0.208. The lowest BCUT2D eigenvalue weighted by atomic mass is 10.0. The number of benzene rings is 2. The SMILES string of the molecule is CSc1ccc(-c2cc(Br)sc2-c2ccc(F)cc2)cc1. The summed E-state index contributed by atoms with van der Waals surface area (Å²) in [7, 11) is 0. The van der Waals surface area contributed by atoms with E-state index < -0.39 is 0 Å². The van der Waals surface area contributed by atoms with E-state index in [4.69, 9.17) is 0 Å². The fourth-order valence-corrected chi connectivity index (χ4v) is 4.20. The zero-order valence-corrected chi connectivity index (χ0v) is 14.5. The van der Waals surface area contributed by atoms with Crippen molar-refractivity contribution in [2.45, 2.75) is 4.90 Å². The summed E-state index contributed by atoms with van der Waals surface area (Å²) in [6.45, 7) is 0. The van der Waals surface area contributed by atoms with E-state index in [-0.39, 0.29) is 5.82 Å². The Bertz CT molecular complexity index is 745. The second-order valence-electron chi connectivity index (χ2n) is 4.53. The molecular weight excluding hydrogens is 367 g/mol. The highest BCUT2D eigenvalue weighted by Gasteiger charge is 2.12. The molecule has 0 bridgehead atoms. The maximum Gasteiger partial charge on any atom is 0.123 e. The van der Waals surface area contributed by atoms with E-state index in [1.165, 1.54) is 28.2 Å². The highest BCUT2D eigenvalue weighted by Crippen LogP contribution is 2.41. The van der Waals surface area contributed by atoms with E-state index in [0.29, 0.717) is 0 Å². The monoisotopic (exact) mass is 378 g/mol. The Balaban J connectivity index is 2.08. The van der Waals surface area contributed by atoms with E-state index >= 15 is 0 Å². The molecule has 0 unspecified atom stereocenters. The fraction of sp³-hybridized carbons (Fsp3) is 0.0588. The standard InChI is InChI=1S/C17H12BrFS2/c1-20-14-8-4-11(5-9-14)15-10-16(18)21-17(15)12-2-6-13(19)7-3-12/h2-10H,1H3. The van der Waals surface area contributed by atoms with Gasteiger partial charge in [-0.05, 0) is 63.6 Å². The maximum absolute atomic E-state index is 13.1. The summed E-state index contributed by atoms with van der Waals surface area (Å²) in [6, 6.07) is 17.3. The average Bonchev–Trinajstić information content (AvgIpc) is 2.90. The van der Waals surface area contributed by atoms with Crippen LogP contribution in [0.1, 0.15) is 0 Å². The maximum atomic E-state index is 13.1. The van der Waals surface area contributed by atoms with Crippen molar-refractivity contribution in [1.82, 2.24) is 0 Å². The first-order valence-corrected chi connectivity index (χ1v) is 9.20. The van der Waals surface area contributed by atoms with Gasteiger partial charge in [-0.25, -0.2) is 4.39 Å². The van der Waals surface area contributed by atoms with Crippen molar-refractivity contribution in [2.24, 2.45) is 0 Å². The fourth-order valence-electron chi connectivity index (χ4n) is 2.16. The number of rotatable bonds is 3. The highest BCUT2D eigenvalue weighted by molar-refractivity contribution is 9.11. The molecule has 0 saturated heterocycles. The number of halogens is 2. The topological polar surface area (TPSA) is 0 Å². The van der Waals surface area contributed by atoms with E-state index in [9.17, 15) is 4.39 Å². The van der Waals surface area contributed by atoms with Crippen LogP contribution < -0.4 is 0 Å². The molecule has 0 fully saturated rings. The van der Waals surface area contributed by atoms with Crippen molar-refractivity contribution in [2.75, 3.05) is 6.26 Å². The van der Waals surface area contributed by atoms with Gasteiger partial charge in [-0.3, -0.25) is 0 Å². The molecule has 0 amide bonds. The van der Waals surface area contributed by atoms with Crippen LogP contribution in [-0.4, -0.2) is 6.26 Å². The minimum Gasteiger partial charge on any atom is -0.207 e. The lowest BCUT2D eigenvalue weighted by Gasteiger charge is -2.05. The van der Waals surface area contributed by atoms with Crippen molar-refractivity contribution < 1.29 is 4.39 Å². The van der Waals surface area contributed by atoms with Gasteiger partial charge in [0.25, 0.3) is 0 Å². The van der Waals surface area contributed by atoms with Crippen LogP contribution in [0, 0.1) is 5.82 Å². The molecule has 0 atom stereocenters. The normalized spacial score (nSPS) is 10.8. The first-order chi connectivity index (χ1) is 10.2. The van der Waals surface area contributed by atoms with Gasteiger partial charge in [0, 0.05) is 15.3 Å². The van der Waals surface area contributed by atoms with Gasteiger partial charge in [-0.1, -0.05) is 24.3 Å². The summed E-state index contributed by atoms with van der Waals surface area (Å²) in [5.41, 5.74) is 3.39. The summed E-state index contributed by atoms with van der Waals surface area (Å²) in [5.74, 6) is -0.208. The minimum absolute atomic E-state index is 0.208. The van der Waals surface area contributed by atoms with Crippen molar-refractivity contribution >= 4 is 39.0 Å². The molecule has 3 aromatic rings. The lowest BCUT2D eigenvalue weighted by Crippen LogP contribution is -1.80. The molecule has 0 N–H and O–H groups in total. The molecule has 0 aliphatic heterocycles. The Hall–Kier alpha value is -1.10. The quantitative estimate of drug-likeness (QED) is 0.456. The van der Waals surface area contributed by atoms with Crippen LogP contribution in [-0.2, 0) is 0 Å². The first-order valence-electron chi connectivity index (χ1n) is 6.37. The molecule has 1 heterocycles. The number of thioether (sulfide) groups is 1. The van der Waals surface area contributed by atoms with Gasteiger partial charge < -0.3 is 0 Å². The lowest BCUT2D eigenvalue weighted by molar-refractivity contribution is 0.628. The van der Waals surface area contributed by atoms with E-state index in [0.717, 1.165) is 14.2 Å². The van der Waals surface area contributed by atoms with Gasteiger partial charge in [-0.2, -0.15) is 0 Å². The summed E-state index contributed by atoms with van der Waals surface area (Å²) < 4.78 is 14.2. The van der Waals surface area contributed by atoms with Gasteiger partial charge in [0.05, 0.1) is 3.79 Å². The van der Waals surface area contributed by atoms with E-state index in [1.807, 2.05) is 12.1 Å². The zero-order valence-electron chi connectivity index (χ0n) is 11.3. The summed E-state index contributed by atoms with van der Waals surface area (Å²) >= 11 is 6.96. The third-order valence-electron chi connectivity index (χ3n) is 3.21. The van der Waals surface area contributed by atoms with Crippen LogP contribution in [0.25, 0.3) is 21.6 Å². The molecule has 106 valence electrons. The van der Waals surface area contributed by atoms with Crippen LogP contribution in [0.2, 0.25) is 0 Å². The van der Waals surface area contributed by atoms with Crippen molar-refractivity contribution in [1.29, 1.82) is 0 Å². The first kappa shape index (κ1) is 14.8. The molecule has 0 nitrogen and oxygen atoms in total. The highest BCUT2D eigenvalue weighted by atomic mass is 79.9. The number of thiophene rings is 1. The summed E-state index contributed by atoms with van der Waals surface area (Å²) in [4.78, 5) is 2.40. The number of hydrogen-bond acceptors (Lipinski definition) is 2. The molecular formula is C17H12BrFS2. The zero-order chi connectivity index (χ0) is 14.8. The van der Waals surface area contributed by atoms with Gasteiger partial charge in [-0.15, -0.1) is 23.1 Å². The van der Waals surface area contributed by atoms with Gasteiger partial charge in [0.15, 0.2) is 0 Å². The van der Waals surface area contributed by atoms with Crippen molar-refractivity contribution in [3.63, 3.8) is 0 Å². The van der Waals surface area contributed by atoms with Crippen LogP contribution in [0.4, 0.5) is 4.39 Å². The Morgan fingerprint density at radius 1 is 0.952 bits per heavy atom. The Kier molecular flexibility index (Phi) is 4.48. The molecule has 0 aliphatic carbocycles. The predicted molar refractivity (Wildman–Crippen MR) is 94.6 cm³/mol. The molecule has 21 heavy (non-hydrogen) atoms. The molecule has 4 heteroatoms. The van der Waals surface area contributed by atoms with Crippen molar-refractivity contribution in [3.8, 4) is 21.6 Å². The van der Waals surface area contributed by atoms with Crippen molar-refractivity contribution in [3.05, 3.63) is 64.2 Å². The molecule has 0 saturated carbocycles. The number of hydrogen-bond donors (Lipinski definition) is 0. The molecule has 3 rings (SSSR count). The second-order valence-corrected chi connectivity index (χ2v) is 7.84. The smallest absolute Gasteiger partial charge is 0.123 e.